The van der Waals surface area contributed by atoms with E-state index in [0.717, 1.165) is 17.7 Å². The van der Waals surface area contributed by atoms with Crippen LogP contribution in [0.2, 0.25) is 5.02 Å². The van der Waals surface area contributed by atoms with Gasteiger partial charge in [-0.25, -0.2) is 5.01 Å². The summed E-state index contributed by atoms with van der Waals surface area (Å²) in [6, 6.07) is 7.50. The summed E-state index contributed by atoms with van der Waals surface area (Å²) in [5, 5.41) is 13.7. The van der Waals surface area contributed by atoms with Crippen molar-refractivity contribution >= 4 is 23.3 Å². The molecule has 0 unspecified atom stereocenters. The first-order valence-electron chi connectivity index (χ1n) is 4.62. The number of nitrogens with two attached hydrogens (primary N) is 1. The fraction of sp³-hybridized carbons (Fsp3) is 0.200. The minimum Gasteiger partial charge on any atom is -0.369 e. The third kappa shape index (κ3) is 2.10. The van der Waals surface area contributed by atoms with Crippen LogP contribution in [0.15, 0.2) is 29.4 Å². The highest BCUT2D eigenvalue weighted by atomic mass is 35.5. The Labute approximate surface area is 92.8 Å². The normalized spacial score (nSPS) is 15.3. The zero-order valence-electron chi connectivity index (χ0n) is 8.07. The molecule has 5 heteroatoms. The summed E-state index contributed by atoms with van der Waals surface area (Å²) in [6.45, 7) is 0.674. The Balaban J connectivity index is 2.22. The molecule has 2 rings (SSSR count). The summed E-state index contributed by atoms with van der Waals surface area (Å²) in [7, 11) is 0. The molecule has 15 heavy (non-hydrogen) atoms. The second kappa shape index (κ2) is 3.90. The molecule has 0 spiro atoms. The number of rotatable bonds is 1. The predicted molar refractivity (Wildman–Crippen MR) is 61.2 cm³/mol. The molecule has 0 aliphatic carbocycles. The quantitative estimate of drug-likeness (QED) is 0.561. The van der Waals surface area contributed by atoms with Gasteiger partial charge < -0.3 is 5.73 Å². The SMILES string of the molecule is N=C(N)N1CCC(c2ccc(Cl)cc2)=N1. The van der Waals surface area contributed by atoms with Gasteiger partial charge in [-0.05, 0) is 17.7 Å². The minimum atomic E-state index is -0.0148. The van der Waals surface area contributed by atoms with E-state index in [1.165, 1.54) is 5.01 Å². The van der Waals surface area contributed by atoms with Crippen LogP contribution in [0.3, 0.4) is 0 Å². The van der Waals surface area contributed by atoms with Crippen LogP contribution in [0, 0.1) is 5.41 Å². The van der Waals surface area contributed by atoms with Gasteiger partial charge in [0.05, 0.1) is 12.3 Å². The van der Waals surface area contributed by atoms with Gasteiger partial charge >= 0.3 is 0 Å². The van der Waals surface area contributed by atoms with Crippen LogP contribution in [0.25, 0.3) is 0 Å². The summed E-state index contributed by atoms with van der Waals surface area (Å²) in [4.78, 5) is 0. The second-order valence-electron chi connectivity index (χ2n) is 3.31. The number of nitrogens with zero attached hydrogens (tertiary/aromatic N) is 2. The maximum Gasteiger partial charge on any atom is 0.209 e. The van der Waals surface area contributed by atoms with Crippen molar-refractivity contribution in [1.82, 2.24) is 5.01 Å². The molecule has 0 radical (unpaired) electrons. The average Bonchev–Trinajstić information content (AvgIpc) is 2.68. The molecule has 0 bridgehead atoms. The van der Waals surface area contributed by atoms with Crippen molar-refractivity contribution in [2.24, 2.45) is 10.8 Å². The molecule has 1 aliphatic heterocycles. The van der Waals surface area contributed by atoms with E-state index in [4.69, 9.17) is 22.7 Å². The number of hydrogen-bond donors (Lipinski definition) is 2. The third-order valence-electron chi connectivity index (χ3n) is 2.26. The summed E-state index contributed by atoms with van der Waals surface area (Å²) in [5.41, 5.74) is 7.32. The summed E-state index contributed by atoms with van der Waals surface area (Å²) < 4.78 is 0. The van der Waals surface area contributed by atoms with E-state index >= 15 is 0 Å². The Hall–Kier alpha value is -1.55. The van der Waals surface area contributed by atoms with Gasteiger partial charge in [-0.2, -0.15) is 5.10 Å². The van der Waals surface area contributed by atoms with Gasteiger partial charge in [0, 0.05) is 11.4 Å². The third-order valence-corrected chi connectivity index (χ3v) is 2.51. The van der Waals surface area contributed by atoms with Crippen molar-refractivity contribution in [3.05, 3.63) is 34.9 Å². The Morgan fingerprint density at radius 2 is 2.07 bits per heavy atom. The molecule has 3 N–H and O–H groups in total. The van der Waals surface area contributed by atoms with Crippen LogP contribution in [-0.4, -0.2) is 23.2 Å². The lowest BCUT2D eigenvalue weighted by Crippen LogP contribution is -2.29. The second-order valence-corrected chi connectivity index (χ2v) is 3.75. The number of hydrogen-bond acceptors (Lipinski definition) is 2. The van der Waals surface area contributed by atoms with Gasteiger partial charge in [0.15, 0.2) is 0 Å². The summed E-state index contributed by atoms with van der Waals surface area (Å²) in [6.07, 6.45) is 0.807. The zero-order valence-corrected chi connectivity index (χ0v) is 8.83. The molecule has 0 fully saturated rings. The van der Waals surface area contributed by atoms with Crippen LogP contribution in [0.1, 0.15) is 12.0 Å². The Kier molecular flexibility index (Phi) is 2.60. The lowest BCUT2D eigenvalue weighted by atomic mass is 10.1. The Bertz CT molecular complexity index is 410. The van der Waals surface area contributed by atoms with E-state index in [0.29, 0.717) is 11.6 Å². The van der Waals surface area contributed by atoms with E-state index < -0.39 is 0 Å². The van der Waals surface area contributed by atoms with Gasteiger partial charge in [-0.15, -0.1) is 0 Å². The molecule has 1 aromatic rings. The largest absolute Gasteiger partial charge is 0.369 e. The van der Waals surface area contributed by atoms with Crippen molar-refractivity contribution in [3.8, 4) is 0 Å². The predicted octanol–water partition coefficient (Wildman–Crippen LogP) is 1.64. The van der Waals surface area contributed by atoms with Crippen molar-refractivity contribution in [2.75, 3.05) is 6.54 Å². The maximum absolute atomic E-state index is 7.25. The Morgan fingerprint density at radius 1 is 1.40 bits per heavy atom. The fourth-order valence-electron chi connectivity index (χ4n) is 1.48. The Morgan fingerprint density at radius 3 is 2.60 bits per heavy atom. The first-order valence-corrected chi connectivity index (χ1v) is 4.99. The average molecular weight is 223 g/mol. The molecule has 0 saturated heterocycles. The van der Waals surface area contributed by atoms with Crippen molar-refractivity contribution in [1.29, 1.82) is 5.41 Å². The van der Waals surface area contributed by atoms with Crippen LogP contribution < -0.4 is 5.73 Å². The molecule has 4 nitrogen and oxygen atoms in total. The fourth-order valence-corrected chi connectivity index (χ4v) is 1.60. The van der Waals surface area contributed by atoms with Gasteiger partial charge in [0.25, 0.3) is 0 Å². The summed E-state index contributed by atoms with van der Waals surface area (Å²) >= 11 is 5.79. The van der Waals surface area contributed by atoms with E-state index in [9.17, 15) is 0 Å². The molecule has 78 valence electrons. The van der Waals surface area contributed by atoms with Crippen molar-refractivity contribution in [3.63, 3.8) is 0 Å². The molecule has 1 heterocycles. The number of halogens is 1. The van der Waals surface area contributed by atoms with Crippen LogP contribution in [0.5, 0.6) is 0 Å². The topological polar surface area (TPSA) is 65.5 Å². The van der Waals surface area contributed by atoms with E-state index in [-0.39, 0.29) is 5.96 Å². The number of benzene rings is 1. The first-order chi connectivity index (χ1) is 7.16. The molecule has 1 aromatic carbocycles. The number of hydrazone groups is 1. The highest BCUT2D eigenvalue weighted by Gasteiger charge is 2.17. The standard InChI is InChI=1S/C10H11ClN4/c11-8-3-1-7(2-4-8)9-5-6-15(14-9)10(12)13/h1-4H,5-6H2,(H3,12,13). The first kappa shape index (κ1) is 9.98. The lowest BCUT2D eigenvalue weighted by Gasteiger charge is -2.08. The maximum atomic E-state index is 7.25. The van der Waals surface area contributed by atoms with Crippen LogP contribution in [-0.2, 0) is 0 Å². The molecule has 0 aromatic heterocycles. The molecule has 0 atom stereocenters. The van der Waals surface area contributed by atoms with Gasteiger partial charge in [0.1, 0.15) is 0 Å². The van der Waals surface area contributed by atoms with Crippen LogP contribution in [0.4, 0.5) is 0 Å². The molecular weight excluding hydrogens is 212 g/mol. The van der Waals surface area contributed by atoms with Gasteiger partial charge in [0.2, 0.25) is 5.96 Å². The van der Waals surface area contributed by atoms with E-state index in [1.54, 1.807) is 0 Å². The van der Waals surface area contributed by atoms with Gasteiger partial charge in [-0.3, -0.25) is 5.41 Å². The van der Waals surface area contributed by atoms with Crippen molar-refractivity contribution in [2.45, 2.75) is 6.42 Å². The zero-order chi connectivity index (χ0) is 10.8. The number of guanidine groups is 1. The smallest absolute Gasteiger partial charge is 0.209 e. The highest BCUT2D eigenvalue weighted by Crippen LogP contribution is 2.15. The summed E-state index contributed by atoms with van der Waals surface area (Å²) in [5.74, 6) is -0.0148. The molecule has 0 amide bonds. The molecule has 1 aliphatic rings. The molecule has 0 saturated carbocycles. The van der Waals surface area contributed by atoms with E-state index in [1.807, 2.05) is 24.3 Å². The van der Waals surface area contributed by atoms with E-state index in [2.05, 4.69) is 5.10 Å². The van der Waals surface area contributed by atoms with Gasteiger partial charge in [-0.1, -0.05) is 23.7 Å². The highest BCUT2D eigenvalue weighted by molar-refractivity contribution is 6.30. The minimum absolute atomic E-state index is 0.0148. The van der Waals surface area contributed by atoms with Crippen molar-refractivity contribution < 1.29 is 0 Å². The molecular formula is C10H11ClN4. The monoisotopic (exact) mass is 222 g/mol. The number of nitrogens with one attached hydrogen (secondary N) is 1. The lowest BCUT2D eigenvalue weighted by molar-refractivity contribution is 0.482. The van der Waals surface area contributed by atoms with Crippen LogP contribution >= 0.6 is 11.6 Å².